The summed E-state index contributed by atoms with van der Waals surface area (Å²) in [6.45, 7) is 6.26. The van der Waals surface area contributed by atoms with Gasteiger partial charge in [0.25, 0.3) is 5.95 Å². The number of aromatic nitrogens is 6. The summed E-state index contributed by atoms with van der Waals surface area (Å²) in [6, 6.07) is 0. The Bertz CT molecular complexity index is 807. The predicted molar refractivity (Wildman–Crippen MR) is 99.9 cm³/mol. The van der Waals surface area contributed by atoms with Crippen molar-refractivity contribution in [2.24, 2.45) is 0 Å². The molecule has 2 aliphatic heterocycles. The first-order valence-corrected chi connectivity index (χ1v) is 9.52. The number of rotatable bonds is 4. The number of morpholine rings is 1. The first kappa shape index (κ1) is 18.5. The molecule has 11 heteroatoms. The van der Waals surface area contributed by atoms with Gasteiger partial charge >= 0.3 is 5.97 Å². The lowest BCUT2D eigenvalue weighted by Gasteiger charge is -2.30. The lowest BCUT2D eigenvalue weighted by Crippen LogP contribution is -2.38. The molecule has 0 aliphatic carbocycles. The first-order valence-electron chi connectivity index (χ1n) is 9.52. The molecule has 0 unspecified atom stereocenters. The van der Waals surface area contributed by atoms with Gasteiger partial charge in [0.15, 0.2) is 5.69 Å². The molecule has 11 nitrogen and oxygen atoms in total. The van der Waals surface area contributed by atoms with E-state index in [1.54, 1.807) is 6.92 Å². The van der Waals surface area contributed by atoms with E-state index in [9.17, 15) is 4.79 Å². The molecule has 0 radical (unpaired) electrons. The summed E-state index contributed by atoms with van der Waals surface area (Å²) >= 11 is 0. The van der Waals surface area contributed by atoms with Crippen LogP contribution in [-0.2, 0) is 9.47 Å². The Morgan fingerprint density at radius 3 is 2.18 bits per heavy atom. The quantitative estimate of drug-likeness (QED) is 0.681. The molecule has 4 heterocycles. The van der Waals surface area contributed by atoms with Gasteiger partial charge in [-0.25, -0.2) is 4.79 Å². The molecule has 0 N–H and O–H groups in total. The van der Waals surface area contributed by atoms with Crippen LogP contribution in [0.2, 0.25) is 0 Å². The summed E-state index contributed by atoms with van der Waals surface area (Å²) < 4.78 is 11.7. The standard InChI is InChI=1S/C17H24N8O3/c1-12-13(14(26)27-2)21-22-25(12)17-19-15(23-6-4-3-5-7-23)18-16(20-17)24-8-10-28-11-9-24/h3-11H2,1-2H3. The number of hydrogen-bond acceptors (Lipinski definition) is 10. The van der Waals surface area contributed by atoms with E-state index in [1.807, 2.05) is 0 Å². The highest BCUT2D eigenvalue weighted by Crippen LogP contribution is 2.21. The Balaban J connectivity index is 1.75. The van der Waals surface area contributed by atoms with Gasteiger partial charge < -0.3 is 19.3 Å². The predicted octanol–water partition coefficient (Wildman–Crippen LogP) is 0.374. The Morgan fingerprint density at radius 2 is 1.54 bits per heavy atom. The van der Waals surface area contributed by atoms with Crippen LogP contribution in [0, 0.1) is 6.92 Å². The Kier molecular flexibility index (Phi) is 5.33. The van der Waals surface area contributed by atoms with Crippen LogP contribution >= 0.6 is 0 Å². The topological polar surface area (TPSA) is 111 Å². The van der Waals surface area contributed by atoms with Crippen molar-refractivity contribution < 1.29 is 14.3 Å². The minimum atomic E-state index is -0.539. The summed E-state index contributed by atoms with van der Waals surface area (Å²) in [4.78, 5) is 30.1. The molecule has 2 saturated heterocycles. The minimum absolute atomic E-state index is 0.148. The van der Waals surface area contributed by atoms with Gasteiger partial charge in [0.05, 0.1) is 26.0 Å². The fraction of sp³-hybridized carbons (Fsp3) is 0.647. The zero-order valence-corrected chi connectivity index (χ0v) is 16.2. The van der Waals surface area contributed by atoms with Crippen molar-refractivity contribution in [2.45, 2.75) is 26.2 Å². The maximum Gasteiger partial charge on any atom is 0.360 e. The number of piperidine rings is 1. The Labute approximate surface area is 162 Å². The van der Waals surface area contributed by atoms with E-state index < -0.39 is 5.97 Å². The highest BCUT2D eigenvalue weighted by atomic mass is 16.5. The van der Waals surface area contributed by atoms with Gasteiger partial charge in [-0.15, -0.1) is 5.10 Å². The third-order valence-electron chi connectivity index (χ3n) is 5.00. The molecule has 0 saturated carbocycles. The molecule has 150 valence electrons. The van der Waals surface area contributed by atoms with E-state index in [2.05, 4.69) is 30.1 Å². The fourth-order valence-electron chi connectivity index (χ4n) is 3.38. The van der Waals surface area contributed by atoms with Gasteiger partial charge in [-0.3, -0.25) is 0 Å². The van der Waals surface area contributed by atoms with Gasteiger partial charge in [-0.2, -0.15) is 19.6 Å². The van der Waals surface area contributed by atoms with E-state index in [1.165, 1.54) is 18.2 Å². The number of methoxy groups -OCH3 is 1. The van der Waals surface area contributed by atoms with Crippen molar-refractivity contribution in [3.8, 4) is 5.95 Å². The summed E-state index contributed by atoms with van der Waals surface area (Å²) in [7, 11) is 1.31. The molecule has 2 fully saturated rings. The zero-order valence-electron chi connectivity index (χ0n) is 16.2. The third-order valence-corrected chi connectivity index (χ3v) is 5.00. The second-order valence-electron chi connectivity index (χ2n) is 6.81. The molecule has 4 rings (SSSR count). The van der Waals surface area contributed by atoms with Crippen LogP contribution in [-0.4, -0.2) is 82.4 Å². The number of nitrogens with zero attached hydrogens (tertiary/aromatic N) is 8. The van der Waals surface area contributed by atoms with Crippen molar-refractivity contribution >= 4 is 17.9 Å². The summed E-state index contributed by atoms with van der Waals surface area (Å²) in [5.41, 5.74) is 0.672. The molecule has 2 aliphatic rings. The van der Waals surface area contributed by atoms with Crippen molar-refractivity contribution in [1.29, 1.82) is 0 Å². The van der Waals surface area contributed by atoms with Gasteiger partial charge in [-0.1, -0.05) is 5.21 Å². The second kappa shape index (κ2) is 8.05. The zero-order chi connectivity index (χ0) is 19.5. The molecule has 0 atom stereocenters. The molecule has 0 bridgehead atoms. The van der Waals surface area contributed by atoms with Crippen LogP contribution in [0.1, 0.15) is 35.4 Å². The fourth-order valence-corrected chi connectivity index (χ4v) is 3.38. The van der Waals surface area contributed by atoms with Crippen LogP contribution in [0.4, 0.5) is 11.9 Å². The number of hydrogen-bond donors (Lipinski definition) is 0. The van der Waals surface area contributed by atoms with Crippen LogP contribution < -0.4 is 9.80 Å². The highest BCUT2D eigenvalue weighted by molar-refractivity contribution is 5.88. The number of ether oxygens (including phenoxy) is 2. The van der Waals surface area contributed by atoms with E-state index >= 15 is 0 Å². The minimum Gasteiger partial charge on any atom is -0.464 e. The van der Waals surface area contributed by atoms with Crippen LogP contribution in [0.5, 0.6) is 0 Å². The van der Waals surface area contributed by atoms with Crippen LogP contribution in [0.15, 0.2) is 0 Å². The lowest BCUT2D eigenvalue weighted by molar-refractivity contribution is 0.0593. The first-order chi connectivity index (χ1) is 13.7. The maximum absolute atomic E-state index is 11.9. The van der Waals surface area contributed by atoms with Gasteiger partial charge in [0.1, 0.15) is 0 Å². The van der Waals surface area contributed by atoms with Crippen LogP contribution in [0.25, 0.3) is 5.95 Å². The molecule has 0 aromatic carbocycles. The summed E-state index contributed by atoms with van der Waals surface area (Å²) in [5.74, 6) is 1.02. The Morgan fingerprint density at radius 1 is 0.929 bits per heavy atom. The maximum atomic E-state index is 11.9. The third kappa shape index (κ3) is 3.61. The number of anilines is 2. The largest absolute Gasteiger partial charge is 0.464 e. The normalized spacial score (nSPS) is 17.6. The number of carbonyl (C=O) groups excluding carboxylic acids is 1. The van der Waals surface area contributed by atoms with Crippen molar-refractivity contribution in [1.82, 2.24) is 29.9 Å². The van der Waals surface area contributed by atoms with E-state index in [0.717, 1.165) is 25.9 Å². The Hall–Kier alpha value is -2.82. The molecule has 28 heavy (non-hydrogen) atoms. The average Bonchev–Trinajstić information content (AvgIpc) is 3.15. The molecular formula is C17H24N8O3. The molecule has 2 aromatic rings. The van der Waals surface area contributed by atoms with Crippen molar-refractivity contribution in [2.75, 3.05) is 56.3 Å². The number of carbonyl (C=O) groups is 1. The lowest BCUT2D eigenvalue weighted by atomic mass is 10.1. The molecule has 0 spiro atoms. The molecule has 2 aromatic heterocycles. The molecule has 0 amide bonds. The second-order valence-corrected chi connectivity index (χ2v) is 6.81. The van der Waals surface area contributed by atoms with E-state index in [4.69, 9.17) is 14.5 Å². The SMILES string of the molecule is COC(=O)c1nnn(-c2nc(N3CCCCC3)nc(N3CCOCC3)n2)c1C. The van der Waals surface area contributed by atoms with Gasteiger partial charge in [0, 0.05) is 26.2 Å². The summed E-state index contributed by atoms with van der Waals surface area (Å²) in [6.07, 6.45) is 3.45. The van der Waals surface area contributed by atoms with E-state index in [-0.39, 0.29) is 5.69 Å². The van der Waals surface area contributed by atoms with Crippen molar-refractivity contribution in [3.05, 3.63) is 11.4 Å². The average molecular weight is 388 g/mol. The van der Waals surface area contributed by atoms with E-state index in [0.29, 0.717) is 49.8 Å². The monoisotopic (exact) mass is 388 g/mol. The summed E-state index contributed by atoms with van der Waals surface area (Å²) in [5, 5.41) is 8.02. The number of esters is 1. The van der Waals surface area contributed by atoms with Crippen molar-refractivity contribution in [3.63, 3.8) is 0 Å². The molecular weight excluding hydrogens is 364 g/mol. The smallest absolute Gasteiger partial charge is 0.360 e. The highest BCUT2D eigenvalue weighted by Gasteiger charge is 2.24. The van der Waals surface area contributed by atoms with Crippen LogP contribution in [0.3, 0.4) is 0 Å². The van der Waals surface area contributed by atoms with Gasteiger partial charge in [0.2, 0.25) is 11.9 Å². The van der Waals surface area contributed by atoms with Gasteiger partial charge in [-0.05, 0) is 26.2 Å².